The second-order valence-electron chi connectivity index (χ2n) is 2.30. The Kier molecular flexibility index (Phi) is 4.35. The Labute approximate surface area is 94.2 Å². The standard InChI is InChI=1S/C7H6O5S.Li.H/c8-7(9)5-1-3-6(4-2-5)13(10,11)12;;/h1-4H,(H,8,9)(H,10,11,12);;/q;+1;-1. The summed E-state index contributed by atoms with van der Waals surface area (Å²) in [6.07, 6.45) is 0. The first-order chi connectivity index (χ1) is 5.91. The van der Waals surface area contributed by atoms with E-state index in [4.69, 9.17) is 9.66 Å². The monoisotopic (exact) mass is 210 g/mol. The van der Waals surface area contributed by atoms with E-state index in [1.165, 1.54) is 0 Å². The topological polar surface area (TPSA) is 91.7 Å². The van der Waals surface area contributed by atoms with Gasteiger partial charge >= 0.3 is 24.8 Å². The number of hydrogen-bond acceptors (Lipinski definition) is 3. The zero-order chi connectivity index (χ0) is 10.1. The number of carbonyl (C=O) groups is 1. The van der Waals surface area contributed by atoms with Gasteiger partial charge in [-0.2, -0.15) is 8.42 Å². The van der Waals surface area contributed by atoms with Crippen molar-refractivity contribution in [2.24, 2.45) is 0 Å². The van der Waals surface area contributed by atoms with Gasteiger partial charge in [0.15, 0.2) is 0 Å². The molecule has 5 nitrogen and oxygen atoms in total. The predicted molar refractivity (Wildman–Crippen MR) is 44.3 cm³/mol. The van der Waals surface area contributed by atoms with Gasteiger partial charge in [0, 0.05) is 0 Å². The molecule has 1 aromatic rings. The SMILES string of the molecule is O=C(O)c1ccc(S(=O)(=O)O)cc1.[H-].[Li+]. The maximum Gasteiger partial charge on any atom is 1.00 e. The van der Waals surface area contributed by atoms with E-state index >= 15 is 0 Å². The van der Waals surface area contributed by atoms with Crippen molar-refractivity contribution in [2.75, 3.05) is 0 Å². The zero-order valence-corrected chi connectivity index (χ0v) is 8.15. The summed E-state index contributed by atoms with van der Waals surface area (Å²) in [6, 6.07) is 4.26. The summed E-state index contributed by atoms with van der Waals surface area (Å²) < 4.78 is 29.6. The van der Waals surface area contributed by atoms with Crippen molar-refractivity contribution in [3.63, 3.8) is 0 Å². The van der Waals surface area contributed by atoms with Gasteiger partial charge in [-0.15, -0.1) is 0 Å². The summed E-state index contributed by atoms with van der Waals surface area (Å²) in [7, 11) is -4.24. The number of hydrogen-bond donors (Lipinski definition) is 2. The third kappa shape index (κ3) is 3.16. The van der Waals surface area contributed by atoms with Gasteiger partial charge in [0.1, 0.15) is 0 Å². The maximum atomic E-state index is 10.5. The third-order valence-electron chi connectivity index (χ3n) is 1.40. The van der Waals surface area contributed by atoms with Gasteiger partial charge in [-0.1, -0.05) is 0 Å². The van der Waals surface area contributed by atoms with E-state index in [1.807, 2.05) is 0 Å². The Balaban J connectivity index is 0. The zero-order valence-electron chi connectivity index (χ0n) is 8.34. The van der Waals surface area contributed by atoms with Crippen LogP contribution in [0.5, 0.6) is 0 Å². The summed E-state index contributed by atoms with van der Waals surface area (Å²) in [6.45, 7) is 0. The van der Waals surface area contributed by atoms with Gasteiger partial charge < -0.3 is 6.53 Å². The van der Waals surface area contributed by atoms with E-state index in [0.29, 0.717) is 0 Å². The average Bonchev–Trinajstić information content (AvgIpc) is 2.03. The van der Waals surface area contributed by atoms with Crippen LogP contribution in [0, 0.1) is 0 Å². The first-order valence-electron chi connectivity index (χ1n) is 3.22. The largest absolute Gasteiger partial charge is 1.00 e. The van der Waals surface area contributed by atoms with Crippen molar-refractivity contribution in [1.29, 1.82) is 0 Å². The van der Waals surface area contributed by atoms with Gasteiger partial charge in [-0.05, 0) is 24.3 Å². The van der Waals surface area contributed by atoms with Crippen LogP contribution in [0.25, 0.3) is 0 Å². The molecule has 2 N–H and O–H groups in total. The fourth-order valence-electron chi connectivity index (χ4n) is 0.769. The molecule has 0 radical (unpaired) electrons. The van der Waals surface area contributed by atoms with Crippen LogP contribution in [0.4, 0.5) is 0 Å². The molecule has 0 unspecified atom stereocenters. The normalized spacial score (nSPS) is 10.4. The quantitative estimate of drug-likeness (QED) is 0.425. The molecule has 0 aliphatic rings. The molecule has 1 aromatic carbocycles. The van der Waals surface area contributed by atoms with Crippen molar-refractivity contribution >= 4 is 16.1 Å². The van der Waals surface area contributed by atoms with Crippen molar-refractivity contribution < 1.29 is 43.2 Å². The summed E-state index contributed by atoms with van der Waals surface area (Å²) in [5.74, 6) is -1.15. The summed E-state index contributed by atoms with van der Waals surface area (Å²) in [5.41, 5.74) is -0.0348. The van der Waals surface area contributed by atoms with Gasteiger partial charge in [-0.25, -0.2) is 4.79 Å². The Bertz CT molecular complexity index is 427. The van der Waals surface area contributed by atoms with E-state index in [1.54, 1.807) is 0 Å². The Morgan fingerprint density at radius 1 is 1.21 bits per heavy atom. The summed E-state index contributed by atoms with van der Waals surface area (Å²) >= 11 is 0. The third-order valence-corrected chi connectivity index (χ3v) is 2.27. The summed E-state index contributed by atoms with van der Waals surface area (Å²) in [4.78, 5) is 10.0. The molecule has 72 valence electrons. The van der Waals surface area contributed by atoms with Crippen LogP contribution in [0.3, 0.4) is 0 Å². The molecule has 0 heterocycles. The maximum absolute atomic E-state index is 10.5. The Hall–Kier alpha value is -0.803. The molecule has 0 aliphatic carbocycles. The Morgan fingerprint density at radius 2 is 1.64 bits per heavy atom. The molecule has 0 atom stereocenters. The van der Waals surface area contributed by atoms with E-state index in [9.17, 15) is 13.2 Å². The van der Waals surface area contributed by atoms with Crippen LogP contribution in [-0.2, 0) is 10.1 Å². The van der Waals surface area contributed by atoms with E-state index in [0.717, 1.165) is 24.3 Å². The molecule has 0 aliphatic heterocycles. The van der Waals surface area contributed by atoms with Crippen LogP contribution in [0.15, 0.2) is 29.2 Å². The fraction of sp³-hybridized carbons (Fsp3) is 0. The Morgan fingerprint density at radius 3 is 1.93 bits per heavy atom. The first kappa shape index (κ1) is 13.2. The molecule has 0 bridgehead atoms. The molecule has 0 amide bonds. The molecule has 0 saturated carbocycles. The molecular weight excluding hydrogens is 203 g/mol. The van der Waals surface area contributed by atoms with Gasteiger partial charge in [0.2, 0.25) is 0 Å². The van der Waals surface area contributed by atoms with Crippen molar-refractivity contribution in [2.45, 2.75) is 4.90 Å². The molecule has 0 spiro atoms. The molecule has 14 heavy (non-hydrogen) atoms. The van der Waals surface area contributed by atoms with Crippen LogP contribution < -0.4 is 18.9 Å². The smallest absolute Gasteiger partial charge is 1.00 e. The van der Waals surface area contributed by atoms with E-state index in [2.05, 4.69) is 0 Å². The van der Waals surface area contributed by atoms with E-state index in [-0.39, 0.29) is 30.7 Å². The van der Waals surface area contributed by atoms with Crippen molar-refractivity contribution in [3.05, 3.63) is 29.8 Å². The van der Waals surface area contributed by atoms with Gasteiger partial charge in [0.05, 0.1) is 10.5 Å². The predicted octanol–water partition coefficient (Wildman–Crippen LogP) is -2.25. The molecule has 0 aromatic heterocycles. The molecule has 1 rings (SSSR count). The van der Waals surface area contributed by atoms with E-state index < -0.39 is 16.1 Å². The minimum Gasteiger partial charge on any atom is -1.00 e. The second-order valence-corrected chi connectivity index (χ2v) is 3.73. The molecule has 7 heteroatoms. The number of aromatic carboxylic acids is 1. The minimum absolute atomic E-state index is 0. The van der Waals surface area contributed by atoms with Crippen LogP contribution in [0.1, 0.15) is 11.8 Å². The number of carboxylic acid groups (broad SMARTS) is 1. The van der Waals surface area contributed by atoms with Crippen LogP contribution in [0.2, 0.25) is 0 Å². The molecule has 0 fully saturated rings. The average molecular weight is 210 g/mol. The van der Waals surface area contributed by atoms with Crippen LogP contribution >= 0.6 is 0 Å². The van der Waals surface area contributed by atoms with Crippen molar-refractivity contribution in [1.82, 2.24) is 0 Å². The fourth-order valence-corrected chi connectivity index (χ4v) is 1.25. The molecular formula is C7H7LiO5S. The molecule has 0 saturated heterocycles. The van der Waals surface area contributed by atoms with Crippen LogP contribution in [-0.4, -0.2) is 24.0 Å². The number of rotatable bonds is 2. The van der Waals surface area contributed by atoms with Gasteiger partial charge in [-0.3, -0.25) is 4.55 Å². The first-order valence-corrected chi connectivity index (χ1v) is 4.66. The van der Waals surface area contributed by atoms with Crippen molar-refractivity contribution in [3.8, 4) is 0 Å². The van der Waals surface area contributed by atoms with Gasteiger partial charge in [0.25, 0.3) is 10.1 Å². The number of carboxylic acids is 1. The summed E-state index contributed by atoms with van der Waals surface area (Å²) in [5, 5.41) is 8.47. The minimum atomic E-state index is -4.24. The second kappa shape index (κ2) is 4.62. The number of benzene rings is 1.